The maximum absolute atomic E-state index is 12.6. The quantitative estimate of drug-likeness (QED) is 0.291. The zero-order valence-corrected chi connectivity index (χ0v) is 21.8. The summed E-state index contributed by atoms with van der Waals surface area (Å²) >= 11 is 0.734. The fourth-order valence-electron chi connectivity index (χ4n) is 3.46. The van der Waals surface area contributed by atoms with Gasteiger partial charge in [0.05, 0.1) is 12.7 Å². The molecule has 12 heteroatoms. The van der Waals surface area contributed by atoms with Crippen molar-refractivity contribution < 1.29 is 27.4 Å². The van der Waals surface area contributed by atoms with Gasteiger partial charge in [0, 0.05) is 6.26 Å². The number of hydrogen-bond acceptors (Lipinski definition) is 9. The van der Waals surface area contributed by atoms with Gasteiger partial charge in [-0.15, -0.1) is 11.7 Å². The number of allylic oxidation sites excluding steroid dienone is 1. The average Bonchev–Trinajstić information content (AvgIpc) is 3.31. The third-order valence-electron chi connectivity index (χ3n) is 5.19. The number of ether oxygens (including phenoxy) is 3. The third kappa shape index (κ3) is 5.92. The summed E-state index contributed by atoms with van der Waals surface area (Å²) in [6.45, 7) is 4.35. The van der Waals surface area contributed by atoms with E-state index in [1.54, 1.807) is 18.2 Å². The number of aliphatic imine (C=N–C) groups is 1. The molecule has 0 atom stereocenters. The molecule has 0 aromatic heterocycles. The number of methoxy groups -OCH3 is 1. The fourth-order valence-corrected chi connectivity index (χ4v) is 5.14. The first kappa shape index (κ1) is 26.2. The normalized spacial score (nSPS) is 16.3. The lowest BCUT2D eigenvalue weighted by molar-refractivity contribution is -0.114. The Morgan fingerprint density at radius 3 is 2.54 bits per heavy atom. The number of nitrogens with one attached hydrogen (secondary N) is 1. The van der Waals surface area contributed by atoms with Gasteiger partial charge in [-0.05, 0) is 53.6 Å². The molecule has 1 N–H and O–H groups in total. The van der Waals surface area contributed by atoms with Crippen molar-refractivity contribution in [1.29, 1.82) is 5.41 Å². The molecule has 0 saturated heterocycles. The van der Waals surface area contributed by atoms with E-state index in [1.807, 2.05) is 30.3 Å². The molecule has 0 spiro atoms. The van der Waals surface area contributed by atoms with Gasteiger partial charge >= 0.3 is 0 Å². The third-order valence-corrected chi connectivity index (χ3v) is 7.76. The number of thioether (sulfide) groups is 1. The molecule has 0 bridgehead atoms. The molecular weight excluding hydrogens is 516 g/mol. The zero-order chi connectivity index (χ0) is 26.6. The van der Waals surface area contributed by atoms with Crippen LogP contribution < -0.4 is 14.2 Å². The van der Waals surface area contributed by atoms with Crippen molar-refractivity contribution in [3.05, 3.63) is 71.8 Å². The van der Waals surface area contributed by atoms with E-state index in [1.165, 1.54) is 13.2 Å². The average molecular weight is 541 g/mol. The van der Waals surface area contributed by atoms with Crippen LogP contribution >= 0.6 is 11.8 Å². The van der Waals surface area contributed by atoms with Crippen molar-refractivity contribution in [2.24, 2.45) is 10.1 Å². The molecule has 1 amide bonds. The largest absolute Gasteiger partial charge is 0.493 e. The number of sulfone groups is 1. The van der Waals surface area contributed by atoms with Crippen molar-refractivity contribution in [3.63, 3.8) is 0 Å². The lowest BCUT2D eigenvalue weighted by atomic mass is 10.1. The standard InChI is InChI=1S/C25H24N4O6S2/c1-4-7-17-8-5-6-9-19(17)34-12-13-35-20-11-10-16(15-21(20)33-2)14-18-22(26)29-24(27-23(18)30)36-25(28-29)37(3,31)32/h4-6,8-11,14-15,26H,1,7,12-13H2,2-3H3/b18-14-,26-22?. The highest BCUT2D eigenvalue weighted by atomic mass is 32.3. The molecule has 0 fully saturated rings. The smallest absolute Gasteiger partial charge is 0.283 e. The van der Waals surface area contributed by atoms with Crippen LogP contribution in [0.1, 0.15) is 11.1 Å². The number of benzene rings is 2. The Morgan fingerprint density at radius 1 is 1.11 bits per heavy atom. The van der Waals surface area contributed by atoms with Gasteiger partial charge in [-0.25, -0.2) is 8.42 Å². The summed E-state index contributed by atoms with van der Waals surface area (Å²) in [7, 11) is -2.11. The minimum absolute atomic E-state index is 0.0308. The summed E-state index contributed by atoms with van der Waals surface area (Å²) in [5.74, 6) is 0.747. The Bertz CT molecular complexity index is 1460. The number of amidine groups is 2. The van der Waals surface area contributed by atoms with Gasteiger partial charge in [0.2, 0.25) is 19.4 Å². The van der Waals surface area contributed by atoms with Crippen LogP contribution in [-0.2, 0) is 21.1 Å². The predicted octanol–water partition coefficient (Wildman–Crippen LogP) is 3.50. The van der Waals surface area contributed by atoms with Crippen LogP contribution in [0.3, 0.4) is 0 Å². The SMILES string of the molecule is C=CCc1ccccc1OCCOc1ccc(/C=C2/C(=N)N3N=C(S(C)(=O)=O)SC3=NC2=O)cc1OC. The lowest BCUT2D eigenvalue weighted by Crippen LogP contribution is -2.35. The number of fused-ring (bicyclic) bond motifs is 1. The van der Waals surface area contributed by atoms with Crippen molar-refractivity contribution in [1.82, 2.24) is 5.01 Å². The molecule has 0 radical (unpaired) electrons. The summed E-state index contributed by atoms with van der Waals surface area (Å²) in [5.41, 5.74) is 1.56. The second-order valence-corrected chi connectivity index (χ2v) is 11.0. The van der Waals surface area contributed by atoms with Crippen molar-refractivity contribution in [2.75, 3.05) is 26.6 Å². The molecule has 4 rings (SSSR count). The number of carbonyl (C=O) groups is 1. The molecule has 2 heterocycles. The van der Waals surface area contributed by atoms with E-state index >= 15 is 0 Å². The number of hydrazone groups is 1. The predicted molar refractivity (Wildman–Crippen MR) is 144 cm³/mol. The van der Waals surface area contributed by atoms with E-state index in [0.29, 0.717) is 30.1 Å². The molecular formula is C25H24N4O6S2. The molecule has 37 heavy (non-hydrogen) atoms. The van der Waals surface area contributed by atoms with Crippen molar-refractivity contribution in [2.45, 2.75) is 6.42 Å². The maximum atomic E-state index is 12.6. The number of para-hydroxylation sites is 1. The Morgan fingerprint density at radius 2 is 1.84 bits per heavy atom. The van der Waals surface area contributed by atoms with Crippen LogP contribution in [0.15, 0.2) is 70.8 Å². The molecule has 2 aliphatic rings. The lowest BCUT2D eigenvalue weighted by Gasteiger charge is -2.20. The second kappa shape index (κ2) is 11.0. The number of hydrogen-bond donors (Lipinski definition) is 1. The number of amides is 1. The van der Waals surface area contributed by atoms with E-state index in [-0.39, 0.29) is 27.6 Å². The second-order valence-electron chi connectivity index (χ2n) is 7.87. The summed E-state index contributed by atoms with van der Waals surface area (Å²) < 4.78 is 40.5. The summed E-state index contributed by atoms with van der Waals surface area (Å²) in [6, 6.07) is 12.8. The van der Waals surface area contributed by atoms with Gasteiger partial charge in [0.1, 0.15) is 19.0 Å². The van der Waals surface area contributed by atoms with E-state index < -0.39 is 15.7 Å². The zero-order valence-electron chi connectivity index (χ0n) is 20.1. The van der Waals surface area contributed by atoms with Gasteiger partial charge in [-0.3, -0.25) is 10.2 Å². The molecule has 10 nitrogen and oxygen atoms in total. The van der Waals surface area contributed by atoms with E-state index in [4.69, 9.17) is 19.6 Å². The molecule has 0 unspecified atom stereocenters. The first-order valence-corrected chi connectivity index (χ1v) is 13.7. The Labute approximate surface area is 218 Å². The van der Waals surface area contributed by atoms with Crippen LogP contribution in [0.4, 0.5) is 0 Å². The van der Waals surface area contributed by atoms with Crippen molar-refractivity contribution in [3.8, 4) is 17.2 Å². The Kier molecular flexibility index (Phi) is 7.79. The van der Waals surface area contributed by atoms with Crippen molar-refractivity contribution >= 4 is 49.0 Å². The molecule has 2 aromatic carbocycles. The Balaban J connectivity index is 1.45. The monoisotopic (exact) mass is 540 g/mol. The molecule has 0 saturated carbocycles. The van der Waals surface area contributed by atoms with Gasteiger partial charge < -0.3 is 14.2 Å². The number of rotatable bonds is 9. The fraction of sp³-hybridized carbons (Fsp3) is 0.200. The topological polar surface area (TPSA) is 131 Å². The van der Waals surface area contributed by atoms with E-state index in [0.717, 1.165) is 34.3 Å². The number of nitrogens with zero attached hydrogens (tertiary/aromatic N) is 3. The van der Waals surface area contributed by atoms with E-state index in [2.05, 4.69) is 16.7 Å². The molecule has 0 aliphatic carbocycles. The number of carbonyl (C=O) groups excluding carboxylic acids is 1. The van der Waals surface area contributed by atoms with Gasteiger partial charge in [0.25, 0.3) is 5.91 Å². The summed E-state index contributed by atoms with van der Waals surface area (Å²) in [6.07, 6.45) is 4.99. The minimum atomic E-state index is -3.60. The van der Waals surface area contributed by atoms with Crippen LogP contribution in [0.25, 0.3) is 6.08 Å². The first-order chi connectivity index (χ1) is 17.7. The molecule has 192 valence electrons. The Hall–Kier alpha value is -3.90. The molecule has 2 aliphatic heterocycles. The minimum Gasteiger partial charge on any atom is -0.493 e. The molecule has 2 aromatic rings. The summed E-state index contributed by atoms with van der Waals surface area (Å²) in [4.78, 5) is 16.5. The highest BCUT2D eigenvalue weighted by Gasteiger charge is 2.38. The van der Waals surface area contributed by atoms with Gasteiger partial charge in [-0.1, -0.05) is 30.3 Å². The van der Waals surface area contributed by atoms with E-state index in [9.17, 15) is 13.2 Å². The highest BCUT2D eigenvalue weighted by Crippen LogP contribution is 2.32. The van der Waals surface area contributed by atoms with Gasteiger partial charge in [-0.2, -0.15) is 10.0 Å². The highest BCUT2D eigenvalue weighted by molar-refractivity contribution is 8.42. The van der Waals surface area contributed by atoms with Crippen LogP contribution in [0.5, 0.6) is 17.2 Å². The van der Waals surface area contributed by atoms with Crippen LogP contribution in [0.2, 0.25) is 0 Å². The first-order valence-electron chi connectivity index (χ1n) is 11.0. The summed E-state index contributed by atoms with van der Waals surface area (Å²) in [5, 5.41) is 13.4. The maximum Gasteiger partial charge on any atom is 0.283 e. The van der Waals surface area contributed by atoms with Gasteiger partial charge in [0.15, 0.2) is 17.3 Å². The van der Waals surface area contributed by atoms with Crippen LogP contribution in [0, 0.1) is 5.41 Å². The van der Waals surface area contributed by atoms with Crippen LogP contribution in [-0.4, -0.2) is 61.3 Å².